The van der Waals surface area contributed by atoms with Crippen LogP contribution in [-0.2, 0) is 29.4 Å². The number of benzene rings is 2. The third-order valence-corrected chi connectivity index (χ3v) is 6.11. The molecule has 0 aliphatic carbocycles. The standard InChI is InChI=1S/C28H30N6O3/c1-3-37-25(35)15-16-34(22-7-5-4-6-8-22)28(36)21-17-23-27(31-18-21)33(2)24(32-23)14-11-19-9-12-20(13-10-19)26(29)30/h4-10,12-13,17-18H,3,11,14-16H2,1-2H3,(H3,29,30). The SMILES string of the molecule is CCOC(=O)CCN(C(=O)c1cnc2c(c1)nc(CCc1ccc(C(=N)N)cc1)n2C)c1ccccc1. The Kier molecular flexibility index (Phi) is 7.92. The Labute approximate surface area is 215 Å². The first-order valence-corrected chi connectivity index (χ1v) is 12.1. The summed E-state index contributed by atoms with van der Waals surface area (Å²) in [6.45, 7) is 2.24. The van der Waals surface area contributed by atoms with Gasteiger partial charge in [-0.2, -0.15) is 0 Å². The van der Waals surface area contributed by atoms with Crippen LogP contribution in [0.15, 0.2) is 66.9 Å². The highest BCUT2D eigenvalue weighted by molar-refractivity contribution is 6.07. The Morgan fingerprint density at radius 2 is 1.78 bits per heavy atom. The molecule has 0 aliphatic heterocycles. The minimum Gasteiger partial charge on any atom is -0.466 e. The molecule has 0 unspecified atom stereocenters. The lowest BCUT2D eigenvalue weighted by Crippen LogP contribution is -2.33. The van der Waals surface area contributed by atoms with Crippen LogP contribution in [0.5, 0.6) is 0 Å². The summed E-state index contributed by atoms with van der Waals surface area (Å²) in [5.74, 6) is 0.285. The zero-order valence-corrected chi connectivity index (χ0v) is 21.0. The van der Waals surface area contributed by atoms with Crippen LogP contribution >= 0.6 is 0 Å². The van der Waals surface area contributed by atoms with Gasteiger partial charge in [0.1, 0.15) is 17.2 Å². The number of hydrogen-bond acceptors (Lipinski definition) is 6. The third kappa shape index (κ3) is 6.00. The molecule has 4 rings (SSSR count). The second-order valence-electron chi connectivity index (χ2n) is 8.61. The van der Waals surface area contributed by atoms with E-state index in [9.17, 15) is 9.59 Å². The summed E-state index contributed by atoms with van der Waals surface area (Å²) in [5, 5.41) is 7.52. The van der Waals surface area contributed by atoms with Crippen molar-refractivity contribution in [2.75, 3.05) is 18.1 Å². The fourth-order valence-corrected chi connectivity index (χ4v) is 4.12. The molecule has 190 valence electrons. The molecule has 9 nitrogen and oxygen atoms in total. The molecule has 0 atom stereocenters. The number of nitrogens with one attached hydrogen (secondary N) is 1. The first-order valence-electron chi connectivity index (χ1n) is 12.1. The molecule has 0 saturated heterocycles. The average molecular weight is 499 g/mol. The Balaban J connectivity index is 1.54. The van der Waals surface area contributed by atoms with Gasteiger partial charge in [-0.3, -0.25) is 15.0 Å². The zero-order chi connectivity index (χ0) is 26.4. The number of amides is 1. The third-order valence-electron chi connectivity index (χ3n) is 6.11. The fraction of sp³-hybridized carbons (Fsp3) is 0.250. The monoisotopic (exact) mass is 498 g/mol. The Morgan fingerprint density at radius 3 is 2.46 bits per heavy atom. The summed E-state index contributed by atoms with van der Waals surface area (Å²) in [6.07, 6.45) is 3.09. The number of nitrogens with two attached hydrogens (primary N) is 1. The van der Waals surface area contributed by atoms with Crippen molar-refractivity contribution in [2.45, 2.75) is 26.2 Å². The van der Waals surface area contributed by atoms with Gasteiger partial charge in [0.25, 0.3) is 5.91 Å². The number of aromatic nitrogens is 3. The molecule has 9 heteroatoms. The normalized spacial score (nSPS) is 10.9. The van der Waals surface area contributed by atoms with Crippen LogP contribution in [-0.4, -0.2) is 45.4 Å². The second kappa shape index (κ2) is 11.5. The van der Waals surface area contributed by atoms with Gasteiger partial charge in [0.15, 0.2) is 5.65 Å². The van der Waals surface area contributed by atoms with Gasteiger partial charge in [0.05, 0.1) is 18.6 Å². The molecule has 1 amide bonds. The molecule has 0 radical (unpaired) electrons. The lowest BCUT2D eigenvalue weighted by molar-refractivity contribution is -0.142. The van der Waals surface area contributed by atoms with Crippen molar-refractivity contribution in [3.63, 3.8) is 0 Å². The van der Waals surface area contributed by atoms with Gasteiger partial charge in [-0.25, -0.2) is 9.97 Å². The number of ether oxygens (including phenoxy) is 1. The van der Waals surface area contributed by atoms with E-state index in [-0.39, 0.29) is 30.7 Å². The van der Waals surface area contributed by atoms with Gasteiger partial charge in [0.2, 0.25) is 0 Å². The maximum Gasteiger partial charge on any atom is 0.307 e. The van der Waals surface area contributed by atoms with E-state index in [1.165, 1.54) is 0 Å². The van der Waals surface area contributed by atoms with E-state index in [0.717, 1.165) is 17.8 Å². The Bertz CT molecular complexity index is 1410. The number of carbonyl (C=O) groups is 2. The summed E-state index contributed by atoms with van der Waals surface area (Å²) in [4.78, 5) is 36.3. The second-order valence-corrected chi connectivity index (χ2v) is 8.61. The number of aryl methyl sites for hydroxylation is 3. The molecule has 2 aromatic carbocycles. The predicted molar refractivity (Wildman–Crippen MR) is 143 cm³/mol. The van der Waals surface area contributed by atoms with Crippen molar-refractivity contribution in [2.24, 2.45) is 12.8 Å². The number of nitrogens with zero attached hydrogens (tertiary/aromatic N) is 4. The van der Waals surface area contributed by atoms with Crippen LogP contribution in [0, 0.1) is 5.41 Å². The molecule has 3 N–H and O–H groups in total. The molecule has 0 fully saturated rings. The van der Waals surface area contributed by atoms with E-state index >= 15 is 0 Å². The van der Waals surface area contributed by atoms with Gasteiger partial charge in [0, 0.05) is 37.5 Å². The number of fused-ring (bicyclic) bond motifs is 1. The molecular weight excluding hydrogens is 468 g/mol. The predicted octanol–water partition coefficient (Wildman–Crippen LogP) is 3.64. The molecule has 4 aromatic rings. The van der Waals surface area contributed by atoms with Crippen LogP contribution in [0.4, 0.5) is 5.69 Å². The highest BCUT2D eigenvalue weighted by Crippen LogP contribution is 2.21. The number of para-hydroxylation sites is 1. The molecule has 2 aromatic heterocycles. The summed E-state index contributed by atoms with van der Waals surface area (Å²) >= 11 is 0. The van der Waals surface area contributed by atoms with E-state index in [2.05, 4.69) is 4.98 Å². The van der Waals surface area contributed by atoms with Crippen LogP contribution in [0.1, 0.15) is 40.7 Å². The minimum absolute atomic E-state index is 0.0463. The number of nitrogen functional groups attached to an aromatic ring is 1. The number of amidine groups is 1. The van der Waals surface area contributed by atoms with Gasteiger partial charge in [-0.05, 0) is 37.1 Å². The van der Waals surface area contributed by atoms with Gasteiger partial charge >= 0.3 is 5.97 Å². The van der Waals surface area contributed by atoms with Crippen LogP contribution in [0.3, 0.4) is 0 Å². The molecule has 0 aliphatic rings. The quantitative estimate of drug-likeness (QED) is 0.195. The first-order chi connectivity index (χ1) is 17.9. The maximum absolute atomic E-state index is 13.5. The van der Waals surface area contributed by atoms with E-state index in [1.807, 2.05) is 66.2 Å². The van der Waals surface area contributed by atoms with Crippen molar-refractivity contribution in [1.82, 2.24) is 14.5 Å². The number of esters is 1. The van der Waals surface area contributed by atoms with Gasteiger partial charge in [-0.1, -0.05) is 42.5 Å². The Morgan fingerprint density at radius 1 is 1.05 bits per heavy atom. The molecular formula is C28H30N6O3. The van der Waals surface area contributed by atoms with Crippen LogP contribution < -0.4 is 10.6 Å². The van der Waals surface area contributed by atoms with Crippen molar-refractivity contribution in [1.29, 1.82) is 5.41 Å². The average Bonchev–Trinajstić information content (AvgIpc) is 3.23. The summed E-state index contributed by atoms with van der Waals surface area (Å²) in [6, 6.07) is 18.6. The van der Waals surface area contributed by atoms with Crippen molar-refractivity contribution >= 4 is 34.6 Å². The fourth-order valence-electron chi connectivity index (χ4n) is 4.12. The maximum atomic E-state index is 13.5. The van der Waals surface area contributed by atoms with Gasteiger partial charge in [-0.15, -0.1) is 0 Å². The molecule has 0 spiro atoms. The molecule has 0 bridgehead atoms. The molecule has 2 heterocycles. The molecule has 37 heavy (non-hydrogen) atoms. The summed E-state index contributed by atoms with van der Waals surface area (Å²) in [7, 11) is 1.91. The molecule has 0 saturated carbocycles. The Hall–Kier alpha value is -4.53. The van der Waals surface area contributed by atoms with E-state index in [4.69, 9.17) is 20.9 Å². The number of pyridine rings is 1. The lowest BCUT2D eigenvalue weighted by Gasteiger charge is -2.22. The zero-order valence-electron chi connectivity index (χ0n) is 21.0. The largest absolute Gasteiger partial charge is 0.466 e. The van der Waals surface area contributed by atoms with Crippen LogP contribution in [0.25, 0.3) is 11.2 Å². The minimum atomic E-state index is -0.352. The van der Waals surface area contributed by atoms with Gasteiger partial charge < -0.3 is 19.9 Å². The highest BCUT2D eigenvalue weighted by atomic mass is 16.5. The highest BCUT2D eigenvalue weighted by Gasteiger charge is 2.21. The summed E-state index contributed by atoms with van der Waals surface area (Å²) in [5.41, 5.74) is 9.75. The van der Waals surface area contributed by atoms with Crippen molar-refractivity contribution in [3.8, 4) is 0 Å². The topological polar surface area (TPSA) is 127 Å². The number of hydrogen-bond donors (Lipinski definition) is 2. The first kappa shape index (κ1) is 25.6. The number of carbonyl (C=O) groups excluding carboxylic acids is 2. The number of anilines is 1. The van der Waals surface area contributed by atoms with E-state index < -0.39 is 0 Å². The lowest BCUT2D eigenvalue weighted by atomic mass is 10.1. The summed E-state index contributed by atoms with van der Waals surface area (Å²) < 4.78 is 6.98. The smallest absolute Gasteiger partial charge is 0.307 e. The van der Waals surface area contributed by atoms with Crippen molar-refractivity contribution in [3.05, 3.63) is 89.4 Å². The number of imidazole rings is 1. The van der Waals surface area contributed by atoms with Crippen molar-refractivity contribution < 1.29 is 14.3 Å². The number of rotatable bonds is 10. The van der Waals surface area contributed by atoms with Crippen LogP contribution in [0.2, 0.25) is 0 Å². The van der Waals surface area contributed by atoms with E-state index in [1.54, 1.807) is 24.1 Å². The van der Waals surface area contributed by atoms with E-state index in [0.29, 0.717) is 41.0 Å².